The Labute approximate surface area is 175 Å². The number of carbonyl (C=O) groups excluding carboxylic acids is 1. The van der Waals surface area contributed by atoms with Crippen molar-refractivity contribution < 1.29 is 4.79 Å². The van der Waals surface area contributed by atoms with E-state index in [-0.39, 0.29) is 11.8 Å². The molecule has 29 heavy (non-hydrogen) atoms. The largest absolute Gasteiger partial charge is 0.338 e. The number of rotatable bonds is 5. The van der Waals surface area contributed by atoms with Crippen LogP contribution in [-0.2, 0) is 5.75 Å². The highest BCUT2D eigenvalue weighted by Crippen LogP contribution is 2.30. The molecule has 5 nitrogen and oxygen atoms in total. The summed E-state index contributed by atoms with van der Waals surface area (Å²) in [7, 11) is 0. The van der Waals surface area contributed by atoms with Crippen LogP contribution in [0.3, 0.4) is 0 Å². The van der Waals surface area contributed by atoms with Gasteiger partial charge in [0.15, 0.2) is 5.16 Å². The van der Waals surface area contributed by atoms with E-state index in [0.717, 1.165) is 52.7 Å². The van der Waals surface area contributed by atoms with Crippen molar-refractivity contribution in [1.82, 2.24) is 19.9 Å². The summed E-state index contributed by atoms with van der Waals surface area (Å²) in [6, 6.07) is 13.5. The summed E-state index contributed by atoms with van der Waals surface area (Å²) in [6.45, 7) is 3.57. The average molecular weight is 405 g/mol. The Morgan fingerprint density at radius 2 is 2.03 bits per heavy atom. The second kappa shape index (κ2) is 9.18. The van der Waals surface area contributed by atoms with Gasteiger partial charge >= 0.3 is 0 Å². The molecule has 2 aromatic heterocycles. The van der Waals surface area contributed by atoms with Crippen molar-refractivity contribution in [2.45, 2.75) is 36.6 Å². The number of likely N-dealkylation sites (tertiary alicyclic amines) is 1. The van der Waals surface area contributed by atoms with Crippen LogP contribution in [0.2, 0.25) is 0 Å². The molecule has 1 atom stereocenters. The molecule has 3 heterocycles. The van der Waals surface area contributed by atoms with Crippen molar-refractivity contribution in [2.75, 3.05) is 13.1 Å². The predicted octanol–water partition coefficient (Wildman–Crippen LogP) is 4.49. The van der Waals surface area contributed by atoms with E-state index in [2.05, 4.69) is 23.0 Å². The fourth-order valence-corrected chi connectivity index (χ4v) is 4.46. The molecule has 1 aliphatic heterocycles. The summed E-state index contributed by atoms with van der Waals surface area (Å²) in [6.07, 6.45) is 7.59. The fraction of sp³-hybridized carbons (Fsp3) is 0.304. The molecular weight excluding hydrogens is 380 g/mol. The first-order chi connectivity index (χ1) is 14.2. The first kappa shape index (κ1) is 19.6. The van der Waals surface area contributed by atoms with Crippen molar-refractivity contribution in [2.24, 2.45) is 0 Å². The molecule has 0 aliphatic carbocycles. The van der Waals surface area contributed by atoms with E-state index in [0.29, 0.717) is 6.54 Å². The summed E-state index contributed by atoms with van der Waals surface area (Å²) in [5, 5.41) is 0.779. The zero-order chi connectivity index (χ0) is 20.1. The van der Waals surface area contributed by atoms with Crippen LogP contribution in [0.5, 0.6) is 0 Å². The summed E-state index contributed by atoms with van der Waals surface area (Å²) < 4.78 is 0. The quantitative estimate of drug-likeness (QED) is 0.463. The Hall–Kier alpha value is -2.73. The molecule has 1 aliphatic rings. The lowest BCUT2D eigenvalue weighted by atomic mass is 9.92. The highest BCUT2D eigenvalue weighted by Gasteiger charge is 2.27. The number of thioether (sulfide) groups is 1. The fourth-order valence-electron chi connectivity index (χ4n) is 3.70. The van der Waals surface area contributed by atoms with Crippen molar-refractivity contribution in [3.05, 3.63) is 83.4 Å². The summed E-state index contributed by atoms with van der Waals surface area (Å²) in [5.74, 6) is 1.14. The molecule has 1 saturated heterocycles. The van der Waals surface area contributed by atoms with Gasteiger partial charge in [0.05, 0.1) is 5.69 Å². The molecular formula is C23H24N4OS. The van der Waals surface area contributed by atoms with Gasteiger partial charge in [-0.1, -0.05) is 36.0 Å². The number of pyridine rings is 1. The molecule has 0 unspecified atom stereocenters. The Morgan fingerprint density at radius 1 is 1.17 bits per heavy atom. The number of hydrogen-bond acceptors (Lipinski definition) is 5. The second-order valence-electron chi connectivity index (χ2n) is 7.33. The topological polar surface area (TPSA) is 59.0 Å². The van der Waals surface area contributed by atoms with Crippen LogP contribution in [-0.4, -0.2) is 38.8 Å². The van der Waals surface area contributed by atoms with Gasteiger partial charge in [0.1, 0.15) is 0 Å². The van der Waals surface area contributed by atoms with E-state index in [9.17, 15) is 4.79 Å². The third kappa shape index (κ3) is 4.82. The predicted molar refractivity (Wildman–Crippen MR) is 115 cm³/mol. The highest BCUT2D eigenvalue weighted by molar-refractivity contribution is 7.98. The maximum atomic E-state index is 12.9. The van der Waals surface area contributed by atoms with Crippen LogP contribution in [0.1, 0.15) is 45.9 Å². The molecule has 6 heteroatoms. The lowest BCUT2D eigenvalue weighted by molar-refractivity contribution is 0.0705. The van der Waals surface area contributed by atoms with Gasteiger partial charge in [0.25, 0.3) is 5.91 Å². The molecule has 0 bridgehead atoms. The number of carbonyl (C=O) groups is 1. The first-order valence-electron chi connectivity index (χ1n) is 9.90. The maximum absolute atomic E-state index is 12.9. The number of piperidine rings is 1. The lowest BCUT2D eigenvalue weighted by Crippen LogP contribution is -2.39. The third-order valence-electron chi connectivity index (χ3n) is 5.20. The number of aromatic nitrogens is 3. The van der Waals surface area contributed by atoms with E-state index < -0.39 is 0 Å². The molecule has 0 radical (unpaired) electrons. The van der Waals surface area contributed by atoms with E-state index in [1.165, 1.54) is 0 Å². The Bertz CT molecular complexity index is 965. The smallest absolute Gasteiger partial charge is 0.253 e. The van der Waals surface area contributed by atoms with E-state index >= 15 is 0 Å². The third-order valence-corrected chi connectivity index (χ3v) is 6.13. The summed E-state index contributed by atoms with van der Waals surface area (Å²) >= 11 is 1.62. The van der Waals surface area contributed by atoms with Crippen LogP contribution in [0, 0.1) is 6.92 Å². The number of amides is 1. The minimum atomic E-state index is 0.105. The van der Waals surface area contributed by atoms with Gasteiger partial charge in [-0.15, -0.1) is 0 Å². The minimum Gasteiger partial charge on any atom is -0.338 e. The molecule has 0 N–H and O–H groups in total. The van der Waals surface area contributed by atoms with E-state index in [1.807, 2.05) is 53.7 Å². The normalized spacial score (nSPS) is 16.6. The van der Waals surface area contributed by atoms with Crippen LogP contribution >= 0.6 is 11.8 Å². The molecule has 3 aromatic rings. The number of aryl methyl sites for hydroxylation is 1. The number of nitrogens with zero attached hydrogens (tertiary/aromatic N) is 4. The van der Waals surface area contributed by atoms with Crippen molar-refractivity contribution in [1.29, 1.82) is 0 Å². The Kier molecular flexibility index (Phi) is 6.20. The zero-order valence-corrected chi connectivity index (χ0v) is 17.3. The number of benzene rings is 1. The SMILES string of the molecule is Cc1cnc(SCc2cccnc2)nc1[C@H]1CCCN(C(=O)c2ccccc2)C1. The first-order valence-corrected chi connectivity index (χ1v) is 10.9. The number of hydrogen-bond donors (Lipinski definition) is 0. The Morgan fingerprint density at radius 3 is 2.83 bits per heavy atom. The second-order valence-corrected chi connectivity index (χ2v) is 8.27. The summed E-state index contributed by atoms with van der Waals surface area (Å²) in [5.41, 5.74) is 4.06. The van der Waals surface area contributed by atoms with Gasteiger partial charge < -0.3 is 4.90 Å². The molecule has 4 rings (SSSR count). The monoisotopic (exact) mass is 404 g/mol. The van der Waals surface area contributed by atoms with Crippen LogP contribution in [0.15, 0.2) is 66.2 Å². The highest BCUT2D eigenvalue weighted by atomic mass is 32.2. The van der Waals surface area contributed by atoms with Crippen molar-refractivity contribution >= 4 is 17.7 Å². The van der Waals surface area contributed by atoms with Crippen LogP contribution < -0.4 is 0 Å². The van der Waals surface area contributed by atoms with Gasteiger partial charge in [-0.25, -0.2) is 9.97 Å². The van der Waals surface area contributed by atoms with Crippen molar-refractivity contribution in [3.63, 3.8) is 0 Å². The van der Waals surface area contributed by atoms with Crippen molar-refractivity contribution in [3.8, 4) is 0 Å². The standard InChI is InChI=1S/C23H24N4OS/c1-17-13-25-23(29-16-18-7-5-11-24-14-18)26-21(17)20-10-6-12-27(15-20)22(28)19-8-3-2-4-9-19/h2-5,7-9,11,13-14,20H,6,10,12,15-16H2,1H3/t20-/m0/s1. The van der Waals surface area contributed by atoms with Gasteiger partial charge in [-0.05, 0) is 49.1 Å². The zero-order valence-electron chi connectivity index (χ0n) is 16.5. The van der Waals surface area contributed by atoms with Gasteiger partial charge in [0.2, 0.25) is 0 Å². The molecule has 1 fully saturated rings. The maximum Gasteiger partial charge on any atom is 0.253 e. The Balaban J connectivity index is 1.47. The molecule has 0 spiro atoms. The van der Waals surface area contributed by atoms with E-state index in [1.54, 1.807) is 18.0 Å². The molecule has 1 aromatic carbocycles. The van der Waals surface area contributed by atoms with Gasteiger partial charge in [-0.3, -0.25) is 9.78 Å². The lowest BCUT2D eigenvalue weighted by Gasteiger charge is -2.33. The van der Waals surface area contributed by atoms with E-state index in [4.69, 9.17) is 4.98 Å². The van der Waals surface area contributed by atoms with Crippen LogP contribution in [0.25, 0.3) is 0 Å². The molecule has 0 saturated carbocycles. The minimum absolute atomic E-state index is 0.105. The van der Waals surface area contributed by atoms with Gasteiger partial charge in [-0.2, -0.15) is 0 Å². The van der Waals surface area contributed by atoms with Crippen LogP contribution in [0.4, 0.5) is 0 Å². The molecule has 148 valence electrons. The average Bonchev–Trinajstić information content (AvgIpc) is 2.79. The summed E-state index contributed by atoms with van der Waals surface area (Å²) in [4.78, 5) is 28.4. The van der Waals surface area contributed by atoms with Gasteiger partial charge in [0, 0.05) is 48.9 Å². The molecule has 1 amide bonds.